The van der Waals surface area contributed by atoms with Crippen LogP contribution < -0.4 is 10.6 Å². The minimum atomic E-state index is -0.378. The third-order valence-electron chi connectivity index (χ3n) is 3.68. The molecule has 0 saturated heterocycles. The Labute approximate surface area is 156 Å². The Morgan fingerprint density at radius 2 is 1.65 bits per heavy atom. The first-order chi connectivity index (χ1) is 12.6. The van der Waals surface area contributed by atoms with Gasteiger partial charge in [0.25, 0.3) is 11.8 Å². The highest BCUT2D eigenvalue weighted by Gasteiger charge is 2.12. The molecule has 2 amide bonds. The standard InChI is InChI=1S/C20H16ClN3O2/c21-17-9-5-4-6-15(17)13-23-19(25)14-10-11-22-18(12-14)20(26)24-16-7-2-1-3-8-16/h1-12H,13H2,(H,23,25)(H,24,26). The van der Waals surface area contributed by atoms with Crippen molar-refractivity contribution in [2.75, 3.05) is 5.32 Å². The van der Waals surface area contributed by atoms with Gasteiger partial charge >= 0.3 is 0 Å². The Morgan fingerprint density at radius 3 is 2.42 bits per heavy atom. The zero-order valence-electron chi connectivity index (χ0n) is 13.8. The van der Waals surface area contributed by atoms with Gasteiger partial charge in [0, 0.05) is 29.0 Å². The topological polar surface area (TPSA) is 71.1 Å². The van der Waals surface area contributed by atoms with Crippen molar-refractivity contribution in [1.82, 2.24) is 10.3 Å². The third-order valence-corrected chi connectivity index (χ3v) is 4.05. The number of carbonyl (C=O) groups is 2. The first-order valence-corrected chi connectivity index (χ1v) is 8.35. The minimum Gasteiger partial charge on any atom is -0.348 e. The number of hydrogen-bond acceptors (Lipinski definition) is 3. The third kappa shape index (κ3) is 4.46. The van der Waals surface area contributed by atoms with Crippen LogP contribution in [0.5, 0.6) is 0 Å². The minimum absolute atomic E-state index is 0.166. The van der Waals surface area contributed by atoms with Gasteiger partial charge in [-0.1, -0.05) is 48.0 Å². The first-order valence-electron chi connectivity index (χ1n) is 7.97. The zero-order valence-corrected chi connectivity index (χ0v) is 14.5. The number of nitrogens with one attached hydrogen (secondary N) is 2. The van der Waals surface area contributed by atoms with Crippen molar-refractivity contribution in [3.63, 3.8) is 0 Å². The summed E-state index contributed by atoms with van der Waals surface area (Å²) in [5.74, 6) is -0.682. The molecule has 0 fully saturated rings. The number of anilines is 1. The fourth-order valence-electron chi connectivity index (χ4n) is 2.33. The molecule has 0 aliphatic rings. The quantitative estimate of drug-likeness (QED) is 0.720. The van der Waals surface area contributed by atoms with E-state index in [-0.39, 0.29) is 17.5 Å². The van der Waals surface area contributed by atoms with E-state index in [9.17, 15) is 9.59 Å². The normalized spacial score (nSPS) is 10.2. The van der Waals surface area contributed by atoms with Crippen molar-refractivity contribution < 1.29 is 9.59 Å². The molecular formula is C20H16ClN3O2. The lowest BCUT2D eigenvalue weighted by atomic mass is 10.2. The van der Waals surface area contributed by atoms with E-state index in [1.54, 1.807) is 24.3 Å². The van der Waals surface area contributed by atoms with Gasteiger partial charge in [0.05, 0.1) is 0 Å². The number of benzene rings is 2. The molecule has 0 radical (unpaired) electrons. The summed E-state index contributed by atoms with van der Waals surface area (Å²) in [5, 5.41) is 6.12. The smallest absolute Gasteiger partial charge is 0.274 e. The second kappa shape index (κ2) is 8.27. The lowest BCUT2D eigenvalue weighted by Crippen LogP contribution is -2.24. The van der Waals surface area contributed by atoms with Gasteiger partial charge in [-0.05, 0) is 35.9 Å². The monoisotopic (exact) mass is 365 g/mol. The molecule has 3 rings (SSSR count). The molecule has 0 spiro atoms. The molecule has 0 aliphatic carbocycles. The van der Waals surface area contributed by atoms with Gasteiger partial charge in [0.1, 0.15) is 5.69 Å². The maximum atomic E-state index is 12.3. The summed E-state index contributed by atoms with van der Waals surface area (Å²) in [6.07, 6.45) is 1.43. The number of pyridine rings is 1. The molecule has 1 heterocycles. The number of aromatic nitrogens is 1. The number of carbonyl (C=O) groups excluding carboxylic acids is 2. The zero-order chi connectivity index (χ0) is 18.4. The molecule has 1 aromatic heterocycles. The van der Waals surface area contributed by atoms with E-state index in [4.69, 9.17) is 11.6 Å². The van der Waals surface area contributed by atoms with E-state index >= 15 is 0 Å². The molecule has 5 nitrogen and oxygen atoms in total. The van der Waals surface area contributed by atoms with E-state index in [0.29, 0.717) is 22.8 Å². The van der Waals surface area contributed by atoms with Crippen molar-refractivity contribution in [1.29, 1.82) is 0 Å². The van der Waals surface area contributed by atoms with Gasteiger partial charge in [-0.2, -0.15) is 0 Å². The van der Waals surface area contributed by atoms with Gasteiger partial charge in [-0.25, -0.2) is 0 Å². The second-order valence-electron chi connectivity index (χ2n) is 5.52. The van der Waals surface area contributed by atoms with Gasteiger partial charge in [-0.3, -0.25) is 14.6 Å². The second-order valence-corrected chi connectivity index (χ2v) is 5.93. The average Bonchev–Trinajstić information content (AvgIpc) is 2.68. The van der Waals surface area contributed by atoms with Crippen LogP contribution >= 0.6 is 11.6 Å². The van der Waals surface area contributed by atoms with Crippen LogP contribution in [0.3, 0.4) is 0 Å². The summed E-state index contributed by atoms with van der Waals surface area (Å²) >= 11 is 6.08. The van der Waals surface area contributed by atoms with Crippen LogP contribution in [0.25, 0.3) is 0 Å². The summed E-state index contributed by atoms with van der Waals surface area (Å²) in [4.78, 5) is 28.7. The van der Waals surface area contributed by atoms with E-state index in [2.05, 4.69) is 15.6 Å². The molecule has 130 valence electrons. The number of amides is 2. The Kier molecular flexibility index (Phi) is 5.61. The lowest BCUT2D eigenvalue weighted by molar-refractivity contribution is 0.0951. The molecule has 2 aromatic carbocycles. The van der Waals surface area contributed by atoms with Crippen LogP contribution in [0.2, 0.25) is 5.02 Å². The molecular weight excluding hydrogens is 350 g/mol. The molecule has 0 atom stereocenters. The molecule has 3 aromatic rings. The molecule has 26 heavy (non-hydrogen) atoms. The first kappa shape index (κ1) is 17.6. The fourth-order valence-corrected chi connectivity index (χ4v) is 2.53. The summed E-state index contributed by atoms with van der Waals surface area (Å²) in [6.45, 7) is 0.298. The van der Waals surface area contributed by atoms with E-state index in [1.807, 2.05) is 36.4 Å². The maximum Gasteiger partial charge on any atom is 0.274 e. The predicted molar refractivity (Wildman–Crippen MR) is 101 cm³/mol. The molecule has 0 unspecified atom stereocenters. The van der Waals surface area contributed by atoms with Crippen LogP contribution in [0.15, 0.2) is 72.9 Å². The van der Waals surface area contributed by atoms with Gasteiger partial charge in [0.15, 0.2) is 0 Å². The lowest BCUT2D eigenvalue weighted by Gasteiger charge is -2.08. The molecule has 0 saturated carbocycles. The van der Waals surface area contributed by atoms with E-state index in [0.717, 1.165) is 5.56 Å². The Balaban J connectivity index is 1.67. The number of halogens is 1. The molecule has 0 aliphatic heterocycles. The van der Waals surface area contributed by atoms with E-state index in [1.165, 1.54) is 12.3 Å². The number of para-hydroxylation sites is 1. The maximum absolute atomic E-state index is 12.3. The Hall–Kier alpha value is -3.18. The highest BCUT2D eigenvalue weighted by atomic mass is 35.5. The summed E-state index contributed by atoms with van der Waals surface area (Å²) < 4.78 is 0. The summed E-state index contributed by atoms with van der Waals surface area (Å²) in [7, 11) is 0. The fraction of sp³-hybridized carbons (Fsp3) is 0.0500. The van der Waals surface area contributed by atoms with Crippen molar-refractivity contribution in [3.05, 3.63) is 94.8 Å². The Morgan fingerprint density at radius 1 is 0.923 bits per heavy atom. The molecule has 6 heteroatoms. The van der Waals surface area contributed by atoms with Gasteiger partial charge < -0.3 is 10.6 Å². The summed E-state index contributed by atoms with van der Waals surface area (Å²) in [6, 6.07) is 19.4. The van der Waals surface area contributed by atoms with Crippen LogP contribution in [0, 0.1) is 0 Å². The molecule has 2 N–H and O–H groups in total. The highest BCUT2D eigenvalue weighted by molar-refractivity contribution is 6.31. The number of hydrogen-bond donors (Lipinski definition) is 2. The largest absolute Gasteiger partial charge is 0.348 e. The van der Waals surface area contributed by atoms with Gasteiger partial charge in [-0.15, -0.1) is 0 Å². The number of nitrogens with zero attached hydrogens (tertiary/aromatic N) is 1. The molecule has 0 bridgehead atoms. The number of rotatable bonds is 5. The van der Waals surface area contributed by atoms with Gasteiger partial charge in [0.2, 0.25) is 0 Å². The van der Waals surface area contributed by atoms with Crippen LogP contribution in [0.4, 0.5) is 5.69 Å². The predicted octanol–water partition coefficient (Wildman–Crippen LogP) is 3.92. The highest BCUT2D eigenvalue weighted by Crippen LogP contribution is 2.15. The van der Waals surface area contributed by atoms with Crippen LogP contribution in [0.1, 0.15) is 26.4 Å². The average molecular weight is 366 g/mol. The van der Waals surface area contributed by atoms with Crippen LogP contribution in [-0.4, -0.2) is 16.8 Å². The van der Waals surface area contributed by atoms with Crippen molar-refractivity contribution in [2.45, 2.75) is 6.54 Å². The Bertz CT molecular complexity index is 929. The summed E-state index contributed by atoms with van der Waals surface area (Å²) in [5.41, 5.74) is 2.00. The van der Waals surface area contributed by atoms with E-state index < -0.39 is 0 Å². The van der Waals surface area contributed by atoms with Crippen molar-refractivity contribution >= 4 is 29.1 Å². The van der Waals surface area contributed by atoms with Crippen molar-refractivity contribution in [2.24, 2.45) is 0 Å². The SMILES string of the molecule is O=C(NCc1ccccc1Cl)c1ccnc(C(=O)Nc2ccccc2)c1. The van der Waals surface area contributed by atoms with Crippen molar-refractivity contribution in [3.8, 4) is 0 Å². The van der Waals surface area contributed by atoms with Crippen LogP contribution in [-0.2, 0) is 6.54 Å².